The van der Waals surface area contributed by atoms with Gasteiger partial charge in [0.1, 0.15) is 5.75 Å². The van der Waals surface area contributed by atoms with Crippen LogP contribution in [0.2, 0.25) is 0 Å². The van der Waals surface area contributed by atoms with E-state index in [2.05, 4.69) is 32.8 Å². The van der Waals surface area contributed by atoms with E-state index >= 15 is 0 Å². The number of nitrogens with one attached hydrogen (secondary N) is 1. The summed E-state index contributed by atoms with van der Waals surface area (Å²) in [5.41, 5.74) is 7.07. The molecule has 5 nitrogen and oxygen atoms in total. The predicted octanol–water partition coefficient (Wildman–Crippen LogP) is 1.71. The van der Waals surface area contributed by atoms with Gasteiger partial charge in [-0.1, -0.05) is 0 Å². The molecule has 0 unspecified atom stereocenters. The summed E-state index contributed by atoms with van der Waals surface area (Å²) in [6.07, 6.45) is 2.36. The number of benzene rings is 1. The van der Waals surface area contributed by atoms with Gasteiger partial charge < -0.3 is 20.7 Å². The summed E-state index contributed by atoms with van der Waals surface area (Å²) in [6, 6.07) is 3.76. The number of carbonyl (C=O) groups is 1. The number of nitrogens with two attached hydrogens (primary N) is 1. The fraction of sp³-hybridized carbons (Fsp3) is 0.533. The first-order chi connectivity index (χ1) is 10.1. The van der Waals surface area contributed by atoms with Crippen LogP contribution in [-0.2, 0) is 0 Å². The molecular formula is C15H20IN3O2. The Morgan fingerprint density at radius 3 is 2.71 bits per heavy atom. The highest BCUT2D eigenvalue weighted by Crippen LogP contribution is 2.29. The second-order valence-corrected chi connectivity index (χ2v) is 6.95. The van der Waals surface area contributed by atoms with Crippen molar-refractivity contribution in [1.29, 1.82) is 0 Å². The second-order valence-electron chi connectivity index (χ2n) is 5.79. The van der Waals surface area contributed by atoms with Crippen molar-refractivity contribution in [2.24, 2.45) is 5.92 Å². The Kier molecular flexibility index (Phi) is 4.26. The molecule has 4 rings (SSSR count). The Bertz CT molecular complexity index is 556. The molecule has 1 atom stereocenters. The van der Waals surface area contributed by atoms with Crippen LogP contribution in [0.5, 0.6) is 5.75 Å². The van der Waals surface area contributed by atoms with Crippen molar-refractivity contribution < 1.29 is 9.53 Å². The third-order valence-corrected chi connectivity index (χ3v) is 5.47. The normalized spacial score (nSPS) is 27.4. The van der Waals surface area contributed by atoms with Gasteiger partial charge in [0.15, 0.2) is 0 Å². The van der Waals surface area contributed by atoms with Crippen LogP contribution < -0.4 is 15.8 Å². The van der Waals surface area contributed by atoms with E-state index in [1.165, 1.54) is 25.9 Å². The molecule has 0 aliphatic carbocycles. The average molecular weight is 399 g/mol. The Balaban J connectivity index is 1.78. The minimum Gasteiger partial charge on any atom is -0.496 e. The number of nitrogens with zero attached hydrogens (tertiary/aromatic N) is 1. The van der Waals surface area contributed by atoms with E-state index < -0.39 is 0 Å². The lowest BCUT2D eigenvalue weighted by Gasteiger charge is -2.44. The SMILES string of the molecule is COc1cc(N)c([125I])cc1C(=O)N[C@@H]1CN2CCC1CC2. The summed E-state index contributed by atoms with van der Waals surface area (Å²) in [5.74, 6) is 1.08. The zero-order valence-corrected chi connectivity index (χ0v) is 14.2. The number of ether oxygens (including phenoxy) is 1. The first-order valence-electron chi connectivity index (χ1n) is 7.24. The smallest absolute Gasteiger partial charge is 0.255 e. The third-order valence-electron chi connectivity index (χ3n) is 4.54. The van der Waals surface area contributed by atoms with Crippen LogP contribution in [0, 0.1) is 9.49 Å². The fourth-order valence-corrected chi connectivity index (χ4v) is 3.76. The number of fused-ring (bicyclic) bond motifs is 3. The minimum absolute atomic E-state index is 0.0662. The molecular weight excluding hydrogens is 379 g/mol. The topological polar surface area (TPSA) is 67.6 Å². The van der Waals surface area contributed by atoms with Gasteiger partial charge in [-0.05, 0) is 60.5 Å². The van der Waals surface area contributed by atoms with E-state index in [-0.39, 0.29) is 11.9 Å². The number of carbonyl (C=O) groups excluding carboxylic acids is 1. The minimum atomic E-state index is -0.0662. The van der Waals surface area contributed by atoms with Gasteiger partial charge in [0.2, 0.25) is 0 Å². The lowest BCUT2D eigenvalue weighted by atomic mass is 9.84. The fourth-order valence-electron chi connectivity index (χ4n) is 3.29. The monoisotopic (exact) mass is 399 g/mol. The molecule has 2 bridgehead atoms. The van der Waals surface area contributed by atoms with Crippen molar-refractivity contribution in [3.05, 3.63) is 21.3 Å². The Hall–Kier alpha value is -1.02. The van der Waals surface area contributed by atoms with Crippen molar-refractivity contribution in [3.8, 4) is 5.75 Å². The Labute approximate surface area is 138 Å². The second kappa shape index (κ2) is 6.00. The molecule has 3 saturated heterocycles. The molecule has 3 heterocycles. The van der Waals surface area contributed by atoms with E-state index in [4.69, 9.17) is 10.5 Å². The van der Waals surface area contributed by atoms with Gasteiger partial charge in [0.25, 0.3) is 5.91 Å². The van der Waals surface area contributed by atoms with E-state index in [0.29, 0.717) is 22.9 Å². The van der Waals surface area contributed by atoms with Gasteiger partial charge in [-0.3, -0.25) is 4.79 Å². The quantitative estimate of drug-likeness (QED) is 0.600. The lowest BCUT2D eigenvalue weighted by Crippen LogP contribution is -2.57. The van der Waals surface area contributed by atoms with Gasteiger partial charge in [-0.15, -0.1) is 0 Å². The van der Waals surface area contributed by atoms with Crippen molar-refractivity contribution in [2.45, 2.75) is 18.9 Å². The summed E-state index contributed by atoms with van der Waals surface area (Å²) < 4.78 is 6.17. The number of hydrogen-bond acceptors (Lipinski definition) is 4. The third kappa shape index (κ3) is 2.96. The molecule has 1 amide bonds. The van der Waals surface area contributed by atoms with Crippen LogP contribution in [0.1, 0.15) is 23.2 Å². The predicted molar refractivity (Wildman–Crippen MR) is 90.5 cm³/mol. The highest BCUT2D eigenvalue weighted by atomic mass is 125. The number of anilines is 1. The maximum atomic E-state index is 12.6. The van der Waals surface area contributed by atoms with Gasteiger partial charge in [0, 0.05) is 27.9 Å². The van der Waals surface area contributed by atoms with E-state index in [1.54, 1.807) is 19.2 Å². The Morgan fingerprint density at radius 1 is 1.43 bits per heavy atom. The van der Waals surface area contributed by atoms with Crippen LogP contribution in [0.4, 0.5) is 5.69 Å². The molecule has 1 aromatic carbocycles. The maximum Gasteiger partial charge on any atom is 0.255 e. The number of piperidine rings is 3. The summed E-state index contributed by atoms with van der Waals surface area (Å²) in [7, 11) is 1.56. The van der Waals surface area contributed by atoms with Crippen molar-refractivity contribution in [1.82, 2.24) is 10.2 Å². The van der Waals surface area contributed by atoms with Crippen LogP contribution in [-0.4, -0.2) is 43.6 Å². The van der Waals surface area contributed by atoms with Crippen molar-refractivity contribution >= 4 is 34.2 Å². The first-order valence-corrected chi connectivity index (χ1v) is 8.32. The van der Waals surface area contributed by atoms with Gasteiger partial charge >= 0.3 is 0 Å². The summed E-state index contributed by atoms with van der Waals surface area (Å²) in [5, 5.41) is 3.18. The van der Waals surface area contributed by atoms with E-state index in [1.807, 2.05) is 0 Å². The molecule has 6 heteroatoms. The van der Waals surface area contributed by atoms with Crippen LogP contribution in [0.25, 0.3) is 0 Å². The van der Waals surface area contributed by atoms with Crippen LogP contribution in [0.3, 0.4) is 0 Å². The van der Waals surface area contributed by atoms with Crippen LogP contribution >= 0.6 is 22.6 Å². The number of amides is 1. The molecule has 3 aliphatic heterocycles. The molecule has 3 aliphatic rings. The van der Waals surface area contributed by atoms with E-state index in [0.717, 1.165) is 10.1 Å². The molecule has 21 heavy (non-hydrogen) atoms. The van der Waals surface area contributed by atoms with Crippen molar-refractivity contribution in [2.75, 3.05) is 32.5 Å². The number of halogens is 1. The van der Waals surface area contributed by atoms with Crippen LogP contribution in [0.15, 0.2) is 12.1 Å². The zero-order chi connectivity index (χ0) is 15.0. The molecule has 0 radical (unpaired) electrons. The van der Waals surface area contributed by atoms with Crippen molar-refractivity contribution in [3.63, 3.8) is 0 Å². The first kappa shape index (κ1) is 14.9. The van der Waals surface area contributed by atoms with Gasteiger partial charge in [0.05, 0.1) is 12.7 Å². The van der Waals surface area contributed by atoms with Gasteiger partial charge in [-0.2, -0.15) is 0 Å². The lowest BCUT2D eigenvalue weighted by molar-refractivity contribution is 0.0619. The standard InChI is InChI=1S/C15H20IN3O2/c1-21-14-7-12(17)11(16)6-10(14)15(20)18-13-8-19-4-2-9(13)3-5-19/h6-7,9,13H,2-5,8,17H2,1H3,(H,18,20)/t13-/m1/s1/i16-2. The highest BCUT2D eigenvalue weighted by molar-refractivity contribution is 14.1. The highest BCUT2D eigenvalue weighted by Gasteiger charge is 2.35. The zero-order valence-electron chi connectivity index (χ0n) is 12.1. The summed E-state index contributed by atoms with van der Waals surface area (Å²) in [6.45, 7) is 3.30. The summed E-state index contributed by atoms with van der Waals surface area (Å²) >= 11 is 2.14. The molecule has 114 valence electrons. The number of nitrogen functional groups attached to an aromatic ring is 1. The molecule has 1 aromatic rings. The molecule has 3 fully saturated rings. The maximum absolute atomic E-state index is 12.6. The van der Waals surface area contributed by atoms with Gasteiger partial charge in [-0.25, -0.2) is 0 Å². The number of methoxy groups -OCH3 is 1. The number of hydrogen-bond donors (Lipinski definition) is 2. The molecule has 0 spiro atoms. The molecule has 3 N–H and O–H groups in total. The molecule has 0 saturated carbocycles. The largest absolute Gasteiger partial charge is 0.496 e. The Morgan fingerprint density at radius 2 is 2.14 bits per heavy atom. The summed E-state index contributed by atoms with van der Waals surface area (Å²) in [4.78, 5) is 15.0. The average Bonchev–Trinajstić information content (AvgIpc) is 2.50. The van der Waals surface area contributed by atoms with E-state index in [9.17, 15) is 4.79 Å². The number of rotatable bonds is 3. The molecule has 0 aromatic heterocycles.